The number of carbonyl (C=O) groups excluding carboxylic acids is 3. The van der Waals surface area contributed by atoms with Crippen LogP contribution in [0.1, 0.15) is 43.1 Å². The van der Waals surface area contributed by atoms with Crippen molar-refractivity contribution in [3.05, 3.63) is 70.5 Å². The lowest BCUT2D eigenvalue weighted by atomic mass is 10.1. The van der Waals surface area contributed by atoms with Crippen LogP contribution in [0, 0.1) is 5.82 Å². The molecule has 2 heterocycles. The molecule has 0 aromatic heterocycles. The van der Waals surface area contributed by atoms with Gasteiger partial charge in [0.15, 0.2) is 0 Å². The minimum absolute atomic E-state index is 0. The van der Waals surface area contributed by atoms with Gasteiger partial charge >= 0.3 is 0 Å². The van der Waals surface area contributed by atoms with Crippen molar-refractivity contribution in [1.29, 1.82) is 0 Å². The maximum Gasteiger partial charge on any atom is 0.261 e. The zero-order valence-electron chi connectivity index (χ0n) is 17.5. The second kappa shape index (κ2) is 10.7. The van der Waals surface area contributed by atoms with E-state index in [-0.39, 0.29) is 41.5 Å². The smallest absolute Gasteiger partial charge is 0.261 e. The quantitative estimate of drug-likeness (QED) is 0.506. The molecule has 1 N–H and O–H groups in total. The average Bonchev–Trinajstić information content (AvgIpc) is 3.03. The molecule has 2 aromatic carbocycles. The van der Waals surface area contributed by atoms with Crippen LogP contribution in [0.4, 0.5) is 4.39 Å². The van der Waals surface area contributed by atoms with Crippen LogP contribution >= 0.6 is 12.4 Å². The molecular formula is C23H25ClFN3O4. The fourth-order valence-corrected chi connectivity index (χ4v) is 3.80. The average molecular weight is 462 g/mol. The number of imide groups is 1. The molecule has 2 aliphatic rings. The van der Waals surface area contributed by atoms with E-state index in [0.29, 0.717) is 12.1 Å². The summed E-state index contributed by atoms with van der Waals surface area (Å²) in [6.07, 6.45) is 0.810. The van der Waals surface area contributed by atoms with Crippen LogP contribution in [0.15, 0.2) is 42.5 Å². The SMILES string of the molecule is Cl.O=C(NCCCN1CCOCC1)c1ccc2c(c1)C(=O)N(Cc1ccccc1F)C2=O. The number of benzene rings is 2. The Hall–Kier alpha value is -2.81. The monoisotopic (exact) mass is 461 g/mol. The van der Waals surface area contributed by atoms with Gasteiger partial charge in [-0.1, -0.05) is 18.2 Å². The van der Waals surface area contributed by atoms with Gasteiger partial charge in [0.1, 0.15) is 5.82 Å². The Kier molecular flexibility index (Phi) is 7.95. The van der Waals surface area contributed by atoms with Crippen LogP contribution < -0.4 is 5.32 Å². The molecule has 0 aliphatic carbocycles. The zero-order valence-corrected chi connectivity index (χ0v) is 18.3. The van der Waals surface area contributed by atoms with Gasteiger partial charge in [0.2, 0.25) is 0 Å². The Morgan fingerprint density at radius 3 is 2.50 bits per heavy atom. The molecule has 9 heteroatoms. The molecule has 0 saturated carbocycles. The summed E-state index contributed by atoms with van der Waals surface area (Å²) < 4.78 is 19.3. The van der Waals surface area contributed by atoms with Crippen molar-refractivity contribution >= 4 is 30.1 Å². The van der Waals surface area contributed by atoms with Crippen LogP contribution in [0.3, 0.4) is 0 Å². The lowest BCUT2D eigenvalue weighted by Gasteiger charge is -2.26. The van der Waals surface area contributed by atoms with Crippen LogP contribution in [-0.4, -0.2) is 66.9 Å². The fourth-order valence-electron chi connectivity index (χ4n) is 3.80. The van der Waals surface area contributed by atoms with Crippen LogP contribution in [0.5, 0.6) is 0 Å². The van der Waals surface area contributed by atoms with E-state index in [0.717, 1.165) is 44.2 Å². The predicted molar refractivity (Wildman–Crippen MR) is 119 cm³/mol. The van der Waals surface area contributed by atoms with Crippen LogP contribution in [-0.2, 0) is 11.3 Å². The number of rotatable bonds is 7. The van der Waals surface area contributed by atoms with Gasteiger partial charge in [-0.05, 0) is 37.2 Å². The first-order valence-corrected chi connectivity index (χ1v) is 10.4. The van der Waals surface area contributed by atoms with Gasteiger partial charge in [-0.25, -0.2) is 4.39 Å². The summed E-state index contributed by atoms with van der Waals surface area (Å²) in [6, 6.07) is 10.5. The van der Waals surface area contributed by atoms with E-state index in [1.54, 1.807) is 12.1 Å². The number of fused-ring (bicyclic) bond motifs is 1. The highest BCUT2D eigenvalue weighted by molar-refractivity contribution is 6.22. The van der Waals surface area contributed by atoms with Gasteiger partial charge in [0.05, 0.1) is 30.9 Å². The molecule has 1 fully saturated rings. The molecule has 2 aromatic rings. The summed E-state index contributed by atoms with van der Waals surface area (Å²) in [6.45, 7) is 4.52. The molecular weight excluding hydrogens is 437 g/mol. The molecule has 4 rings (SSSR count). The lowest BCUT2D eigenvalue weighted by Crippen LogP contribution is -2.38. The maximum absolute atomic E-state index is 14.0. The van der Waals surface area contributed by atoms with E-state index in [1.165, 1.54) is 30.3 Å². The van der Waals surface area contributed by atoms with E-state index in [4.69, 9.17) is 4.74 Å². The Morgan fingerprint density at radius 1 is 1.03 bits per heavy atom. The van der Waals surface area contributed by atoms with Gasteiger partial charge in [-0.2, -0.15) is 0 Å². The standard InChI is InChI=1S/C23H24FN3O4.ClH/c24-20-5-2-1-4-17(20)15-27-22(29)18-7-6-16(14-19(18)23(27)30)21(28)25-8-3-9-26-10-12-31-13-11-26;/h1-2,4-7,14H,3,8-13,15H2,(H,25,28);1H. The summed E-state index contributed by atoms with van der Waals surface area (Å²) in [5.41, 5.74) is 0.974. The third-order valence-corrected chi connectivity index (χ3v) is 5.56. The predicted octanol–water partition coefficient (Wildman–Crippen LogP) is 2.50. The minimum atomic E-state index is -0.523. The second-order valence-corrected chi connectivity index (χ2v) is 7.61. The summed E-state index contributed by atoms with van der Waals surface area (Å²) in [4.78, 5) is 41.2. The summed E-state index contributed by atoms with van der Waals surface area (Å²) in [5.74, 6) is -1.78. The molecule has 1 saturated heterocycles. The second-order valence-electron chi connectivity index (χ2n) is 7.61. The van der Waals surface area contributed by atoms with E-state index in [1.807, 2.05) is 0 Å². The minimum Gasteiger partial charge on any atom is -0.379 e. The first kappa shape index (κ1) is 23.8. The number of hydrogen-bond donors (Lipinski definition) is 1. The van der Waals surface area contributed by atoms with E-state index in [9.17, 15) is 18.8 Å². The highest BCUT2D eigenvalue weighted by Crippen LogP contribution is 2.26. The molecule has 3 amide bonds. The van der Waals surface area contributed by atoms with Gasteiger partial charge in [-0.3, -0.25) is 24.2 Å². The maximum atomic E-state index is 14.0. The van der Waals surface area contributed by atoms with Crippen molar-refractivity contribution in [2.24, 2.45) is 0 Å². The number of halogens is 2. The van der Waals surface area contributed by atoms with Gasteiger partial charge in [0, 0.05) is 30.8 Å². The highest BCUT2D eigenvalue weighted by Gasteiger charge is 2.36. The number of carbonyl (C=O) groups is 3. The number of hydrogen-bond acceptors (Lipinski definition) is 5. The van der Waals surface area contributed by atoms with E-state index >= 15 is 0 Å². The molecule has 0 radical (unpaired) electrons. The first-order valence-electron chi connectivity index (χ1n) is 10.4. The largest absolute Gasteiger partial charge is 0.379 e. The summed E-state index contributed by atoms with van der Waals surface area (Å²) in [7, 11) is 0. The topological polar surface area (TPSA) is 79.0 Å². The Morgan fingerprint density at radius 2 is 1.75 bits per heavy atom. The molecule has 0 spiro atoms. The number of amides is 3. The summed E-state index contributed by atoms with van der Waals surface area (Å²) >= 11 is 0. The number of nitrogens with one attached hydrogen (secondary N) is 1. The molecule has 2 aliphatic heterocycles. The molecule has 170 valence electrons. The van der Waals surface area contributed by atoms with Crippen molar-refractivity contribution in [2.75, 3.05) is 39.4 Å². The number of ether oxygens (including phenoxy) is 1. The van der Waals surface area contributed by atoms with Crippen molar-refractivity contribution in [1.82, 2.24) is 15.1 Å². The van der Waals surface area contributed by atoms with Crippen molar-refractivity contribution < 1.29 is 23.5 Å². The first-order chi connectivity index (χ1) is 15.0. The zero-order chi connectivity index (χ0) is 21.8. The van der Waals surface area contributed by atoms with Crippen molar-refractivity contribution in [3.63, 3.8) is 0 Å². The van der Waals surface area contributed by atoms with Gasteiger partial charge in [-0.15, -0.1) is 12.4 Å². The molecule has 32 heavy (non-hydrogen) atoms. The Bertz CT molecular complexity index is 1010. The third-order valence-electron chi connectivity index (χ3n) is 5.56. The number of nitrogens with zero attached hydrogens (tertiary/aromatic N) is 2. The van der Waals surface area contributed by atoms with Crippen molar-refractivity contribution in [2.45, 2.75) is 13.0 Å². The normalized spacial score (nSPS) is 16.0. The molecule has 0 bridgehead atoms. The summed E-state index contributed by atoms with van der Waals surface area (Å²) in [5, 5.41) is 2.86. The van der Waals surface area contributed by atoms with E-state index < -0.39 is 17.6 Å². The van der Waals surface area contributed by atoms with E-state index in [2.05, 4.69) is 10.2 Å². The molecule has 0 atom stereocenters. The highest BCUT2D eigenvalue weighted by atomic mass is 35.5. The van der Waals surface area contributed by atoms with Crippen LogP contribution in [0.2, 0.25) is 0 Å². The Labute approximate surface area is 191 Å². The third kappa shape index (κ3) is 5.15. The lowest BCUT2D eigenvalue weighted by molar-refractivity contribution is 0.0374. The molecule has 7 nitrogen and oxygen atoms in total. The molecule has 0 unspecified atom stereocenters. The fraction of sp³-hybridized carbons (Fsp3) is 0.348. The van der Waals surface area contributed by atoms with Crippen molar-refractivity contribution in [3.8, 4) is 0 Å². The van der Waals surface area contributed by atoms with Crippen LogP contribution in [0.25, 0.3) is 0 Å². The van der Waals surface area contributed by atoms with Gasteiger partial charge < -0.3 is 10.1 Å². The number of morpholine rings is 1. The Balaban J connectivity index is 0.00000289. The van der Waals surface area contributed by atoms with Gasteiger partial charge in [0.25, 0.3) is 17.7 Å².